The Bertz CT molecular complexity index is 750. The van der Waals surface area contributed by atoms with Gasteiger partial charge in [0.05, 0.1) is 13.3 Å². The summed E-state index contributed by atoms with van der Waals surface area (Å²) in [6, 6.07) is 8.50. The molecular formula is C20H24N4O2. The molecular weight excluding hydrogens is 328 g/mol. The molecule has 2 aromatic rings. The Labute approximate surface area is 153 Å². The summed E-state index contributed by atoms with van der Waals surface area (Å²) >= 11 is 0. The van der Waals surface area contributed by atoms with Crippen LogP contribution in [0.4, 0.5) is 0 Å². The molecule has 3 fully saturated rings. The molecule has 2 bridgehead atoms. The van der Waals surface area contributed by atoms with Crippen molar-refractivity contribution in [1.29, 1.82) is 0 Å². The summed E-state index contributed by atoms with van der Waals surface area (Å²) in [4.78, 5) is 25.6. The number of fused-ring (bicyclic) bond motifs is 4. The number of ether oxygens (including phenoxy) is 1. The van der Waals surface area contributed by atoms with Crippen LogP contribution in [0.3, 0.4) is 0 Å². The number of hydrogen-bond donors (Lipinski definition) is 0. The van der Waals surface area contributed by atoms with E-state index >= 15 is 0 Å². The molecule has 3 aliphatic heterocycles. The number of carbonyl (C=O) groups excluding carboxylic acids is 1. The van der Waals surface area contributed by atoms with Crippen molar-refractivity contribution in [3.05, 3.63) is 54.1 Å². The second-order valence-corrected chi connectivity index (χ2v) is 7.19. The van der Waals surface area contributed by atoms with Crippen molar-refractivity contribution in [2.75, 3.05) is 26.7 Å². The minimum atomic E-state index is 0.0131. The van der Waals surface area contributed by atoms with E-state index in [0.717, 1.165) is 38.3 Å². The van der Waals surface area contributed by atoms with Crippen LogP contribution in [-0.4, -0.2) is 58.5 Å². The monoisotopic (exact) mass is 352 g/mol. The number of piperidine rings is 1. The number of benzene rings is 1. The number of rotatable bonds is 4. The maximum atomic E-state index is 12.9. The lowest BCUT2D eigenvalue weighted by atomic mass is 9.95. The van der Waals surface area contributed by atoms with Crippen molar-refractivity contribution in [3.8, 4) is 5.75 Å². The first-order valence-electron chi connectivity index (χ1n) is 9.15. The van der Waals surface area contributed by atoms with Crippen LogP contribution in [-0.2, 0) is 6.54 Å². The van der Waals surface area contributed by atoms with E-state index in [2.05, 4.69) is 27.0 Å². The molecule has 26 heavy (non-hydrogen) atoms. The fourth-order valence-corrected chi connectivity index (χ4v) is 4.10. The van der Waals surface area contributed by atoms with E-state index in [1.807, 2.05) is 17.0 Å². The smallest absolute Gasteiger partial charge is 0.274 e. The minimum absolute atomic E-state index is 0.0131. The number of methoxy groups -OCH3 is 1. The van der Waals surface area contributed by atoms with E-state index in [0.29, 0.717) is 11.6 Å². The van der Waals surface area contributed by atoms with Crippen LogP contribution < -0.4 is 4.74 Å². The largest absolute Gasteiger partial charge is 0.497 e. The Balaban J connectivity index is 1.46. The lowest BCUT2D eigenvalue weighted by Gasteiger charge is -2.36. The van der Waals surface area contributed by atoms with Gasteiger partial charge in [0.2, 0.25) is 0 Å². The van der Waals surface area contributed by atoms with Crippen molar-refractivity contribution < 1.29 is 9.53 Å². The molecule has 1 aromatic carbocycles. The minimum Gasteiger partial charge on any atom is -0.497 e. The van der Waals surface area contributed by atoms with Crippen LogP contribution in [0.2, 0.25) is 0 Å². The predicted molar refractivity (Wildman–Crippen MR) is 97.9 cm³/mol. The average Bonchev–Trinajstić information content (AvgIpc) is 2.99. The molecule has 6 heteroatoms. The van der Waals surface area contributed by atoms with Crippen LogP contribution in [0.15, 0.2) is 42.9 Å². The molecule has 3 aliphatic rings. The van der Waals surface area contributed by atoms with E-state index in [9.17, 15) is 4.79 Å². The number of hydrogen-bond acceptors (Lipinski definition) is 5. The van der Waals surface area contributed by atoms with Crippen LogP contribution in [0.25, 0.3) is 0 Å². The highest BCUT2D eigenvalue weighted by Gasteiger charge is 2.37. The van der Waals surface area contributed by atoms with E-state index in [4.69, 9.17) is 4.74 Å². The zero-order valence-corrected chi connectivity index (χ0v) is 15.0. The first kappa shape index (κ1) is 17.0. The fourth-order valence-electron chi connectivity index (χ4n) is 4.10. The highest BCUT2D eigenvalue weighted by molar-refractivity contribution is 5.92. The Hall–Kier alpha value is -2.47. The lowest BCUT2D eigenvalue weighted by Crippen LogP contribution is -2.47. The van der Waals surface area contributed by atoms with Gasteiger partial charge in [-0.05, 0) is 36.5 Å². The van der Waals surface area contributed by atoms with Gasteiger partial charge in [-0.1, -0.05) is 12.1 Å². The molecule has 1 amide bonds. The van der Waals surface area contributed by atoms with Crippen molar-refractivity contribution in [1.82, 2.24) is 19.8 Å². The Morgan fingerprint density at radius 1 is 1.15 bits per heavy atom. The number of nitrogens with zero attached hydrogens (tertiary/aromatic N) is 4. The van der Waals surface area contributed by atoms with Crippen LogP contribution in [0.1, 0.15) is 28.9 Å². The summed E-state index contributed by atoms with van der Waals surface area (Å²) in [6.07, 6.45) is 7.00. The highest BCUT2D eigenvalue weighted by Crippen LogP contribution is 2.29. The van der Waals surface area contributed by atoms with Crippen molar-refractivity contribution in [2.24, 2.45) is 5.92 Å². The average molecular weight is 352 g/mol. The molecule has 6 nitrogen and oxygen atoms in total. The van der Waals surface area contributed by atoms with Gasteiger partial charge in [-0.15, -0.1) is 0 Å². The van der Waals surface area contributed by atoms with E-state index in [-0.39, 0.29) is 11.9 Å². The summed E-state index contributed by atoms with van der Waals surface area (Å²) in [5.74, 6) is 1.41. The highest BCUT2D eigenvalue weighted by atomic mass is 16.5. The second kappa shape index (κ2) is 7.41. The summed E-state index contributed by atoms with van der Waals surface area (Å²) in [5, 5.41) is 0. The van der Waals surface area contributed by atoms with E-state index < -0.39 is 0 Å². The zero-order valence-electron chi connectivity index (χ0n) is 15.0. The zero-order chi connectivity index (χ0) is 17.9. The first-order chi connectivity index (χ1) is 12.7. The predicted octanol–water partition coefficient (Wildman–Crippen LogP) is 2.22. The molecule has 4 heterocycles. The van der Waals surface area contributed by atoms with Crippen molar-refractivity contribution in [2.45, 2.75) is 25.4 Å². The SMILES string of the molecule is COc1ccc(CN2C[C@H]3CC[C@@H](C2)N(C(=O)c2cnccn2)C3)cc1. The molecule has 5 rings (SSSR count). The first-order valence-corrected chi connectivity index (χ1v) is 9.15. The quantitative estimate of drug-likeness (QED) is 0.844. The van der Waals surface area contributed by atoms with E-state index in [1.54, 1.807) is 25.7 Å². The van der Waals surface area contributed by atoms with Crippen molar-refractivity contribution in [3.63, 3.8) is 0 Å². The summed E-state index contributed by atoms with van der Waals surface area (Å²) in [6.45, 7) is 3.67. The van der Waals surface area contributed by atoms with Gasteiger partial charge in [0.15, 0.2) is 0 Å². The van der Waals surface area contributed by atoms with E-state index in [1.165, 1.54) is 12.0 Å². The van der Waals surface area contributed by atoms with Crippen LogP contribution in [0, 0.1) is 5.92 Å². The molecule has 136 valence electrons. The summed E-state index contributed by atoms with van der Waals surface area (Å²) in [5.41, 5.74) is 1.72. The third-order valence-corrected chi connectivity index (χ3v) is 5.40. The van der Waals surface area contributed by atoms with Gasteiger partial charge >= 0.3 is 0 Å². The fraction of sp³-hybridized carbons (Fsp3) is 0.450. The molecule has 0 unspecified atom stereocenters. The topological polar surface area (TPSA) is 58.6 Å². The lowest BCUT2D eigenvalue weighted by molar-refractivity contribution is 0.0578. The Morgan fingerprint density at radius 3 is 2.73 bits per heavy atom. The van der Waals surface area contributed by atoms with Gasteiger partial charge in [0, 0.05) is 44.6 Å². The molecule has 1 aromatic heterocycles. The molecule has 3 saturated heterocycles. The molecule has 0 saturated carbocycles. The number of aromatic nitrogens is 2. The molecule has 2 atom stereocenters. The standard InChI is InChI=1S/C20H24N4O2/c1-26-18-6-3-15(4-7-18)11-23-12-16-2-5-17(14-23)24(13-16)20(25)19-10-21-8-9-22-19/h3-4,6-10,16-17H,2,5,11-14H2,1H3/t16-,17+/m1/s1. The number of amides is 1. The van der Waals surface area contributed by atoms with Gasteiger partial charge < -0.3 is 9.64 Å². The Kier molecular flexibility index (Phi) is 4.84. The third kappa shape index (κ3) is 3.55. The van der Waals surface area contributed by atoms with Crippen molar-refractivity contribution >= 4 is 5.91 Å². The van der Waals surface area contributed by atoms with Gasteiger partial charge in [-0.2, -0.15) is 0 Å². The normalized spacial score (nSPS) is 22.9. The number of carbonyl (C=O) groups is 1. The van der Waals surface area contributed by atoms with Gasteiger partial charge in [-0.3, -0.25) is 14.7 Å². The maximum absolute atomic E-state index is 12.9. The van der Waals surface area contributed by atoms with Gasteiger partial charge in [0.1, 0.15) is 11.4 Å². The molecule has 0 N–H and O–H groups in total. The maximum Gasteiger partial charge on any atom is 0.274 e. The molecule has 0 aliphatic carbocycles. The third-order valence-electron chi connectivity index (χ3n) is 5.40. The summed E-state index contributed by atoms with van der Waals surface area (Å²) < 4.78 is 5.24. The van der Waals surface area contributed by atoms with Gasteiger partial charge in [-0.25, -0.2) is 4.98 Å². The molecule has 0 radical (unpaired) electrons. The van der Waals surface area contributed by atoms with Gasteiger partial charge in [0.25, 0.3) is 5.91 Å². The second-order valence-electron chi connectivity index (χ2n) is 7.19. The molecule has 0 spiro atoms. The van der Waals surface area contributed by atoms with Crippen LogP contribution >= 0.6 is 0 Å². The van der Waals surface area contributed by atoms with Crippen LogP contribution in [0.5, 0.6) is 5.75 Å². The summed E-state index contributed by atoms with van der Waals surface area (Å²) in [7, 11) is 1.68. The Morgan fingerprint density at radius 2 is 2.00 bits per heavy atom.